The minimum absolute atomic E-state index is 0.161. The number of carbonyl (C=O) groups excluding carboxylic acids is 1. The highest BCUT2D eigenvalue weighted by Crippen LogP contribution is 2.41. The number of methoxy groups -OCH3 is 2. The maximum atomic E-state index is 14.5. The molecule has 39 heavy (non-hydrogen) atoms. The summed E-state index contributed by atoms with van der Waals surface area (Å²) < 4.78 is 12.0. The summed E-state index contributed by atoms with van der Waals surface area (Å²) >= 11 is 1.41. The van der Waals surface area contributed by atoms with Crippen LogP contribution in [0.25, 0.3) is 32.4 Å². The molecular formula is C32H25N3O3S. The molecule has 6 nitrogen and oxygen atoms in total. The highest BCUT2D eigenvalue weighted by molar-refractivity contribution is 7.22. The molecule has 7 heteroatoms. The van der Waals surface area contributed by atoms with Crippen LogP contribution < -0.4 is 14.4 Å². The van der Waals surface area contributed by atoms with Gasteiger partial charge in [-0.1, -0.05) is 90.2 Å². The maximum absolute atomic E-state index is 14.5. The van der Waals surface area contributed by atoms with Gasteiger partial charge < -0.3 is 9.47 Å². The highest BCUT2D eigenvalue weighted by atomic mass is 32.1. The van der Waals surface area contributed by atoms with Gasteiger partial charge in [-0.2, -0.15) is 0 Å². The lowest BCUT2D eigenvalue weighted by Gasteiger charge is -2.21. The summed E-state index contributed by atoms with van der Waals surface area (Å²) in [6, 6.07) is 33.1. The zero-order valence-electron chi connectivity index (χ0n) is 21.5. The van der Waals surface area contributed by atoms with E-state index in [0.29, 0.717) is 34.3 Å². The minimum Gasteiger partial charge on any atom is -0.495 e. The number of thiazole rings is 1. The molecule has 0 aliphatic heterocycles. The topological polar surface area (TPSA) is 64.6 Å². The van der Waals surface area contributed by atoms with Crippen molar-refractivity contribution in [3.05, 3.63) is 114 Å². The molecule has 2 aromatic heterocycles. The van der Waals surface area contributed by atoms with E-state index in [2.05, 4.69) is 0 Å². The smallest absolute Gasteiger partial charge is 0.261 e. The van der Waals surface area contributed by atoms with Crippen molar-refractivity contribution in [3.8, 4) is 22.8 Å². The first-order valence-corrected chi connectivity index (χ1v) is 13.3. The summed E-state index contributed by atoms with van der Waals surface area (Å²) in [6.07, 6.45) is 0. The number of hydrogen-bond acceptors (Lipinski definition) is 6. The minimum atomic E-state index is -0.161. The zero-order valence-corrected chi connectivity index (χ0v) is 22.3. The summed E-state index contributed by atoms with van der Waals surface area (Å²) in [4.78, 5) is 26.0. The van der Waals surface area contributed by atoms with Crippen molar-refractivity contribution in [2.24, 2.45) is 0 Å². The second-order valence-corrected chi connectivity index (χ2v) is 9.94. The van der Waals surface area contributed by atoms with Crippen molar-refractivity contribution >= 4 is 43.5 Å². The fraction of sp³-hybridized carbons (Fsp3) is 0.0938. The molecule has 0 unspecified atom stereocenters. The van der Waals surface area contributed by atoms with Crippen LogP contribution in [0.1, 0.15) is 15.9 Å². The second-order valence-electron chi connectivity index (χ2n) is 8.96. The van der Waals surface area contributed by atoms with Gasteiger partial charge >= 0.3 is 0 Å². The molecule has 0 N–H and O–H groups in total. The van der Waals surface area contributed by atoms with E-state index in [0.717, 1.165) is 32.4 Å². The number of rotatable bonds is 7. The SMILES string of the molecule is COc1ccc(OC)c2sc(N(Cc3ccccc3)C(=O)c3cc(-c4ccccc4)nc4ccccc34)nc12. The predicted molar refractivity (Wildman–Crippen MR) is 157 cm³/mol. The van der Waals surface area contributed by atoms with Crippen molar-refractivity contribution < 1.29 is 14.3 Å². The third-order valence-electron chi connectivity index (χ3n) is 6.57. The van der Waals surface area contributed by atoms with Gasteiger partial charge in [-0.3, -0.25) is 9.69 Å². The molecule has 2 heterocycles. The number of hydrogen-bond donors (Lipinski definition) is 0. The van der Waals surface area contributed by atoms with E-state index < -0.39 is 0 Å². The molecule has 0 radical (unpaired) electrons. The van der Waals surface area contributed by atoms with Crippen LogP contribution in [0, 0.1) is 0 Å². The Hall–Kier alpha value is -4.75. The Balaban J connectivity index is 1.54. The Kier molecular flexibility index (Phi) is 6.65. The third kappa shape index (κ3) is 4.69. The van der Waals surface area contributed by atoms with Crippen LogP contribution in [0.15, 0.2) is 103 Å². The average molecular weight is 532 g/mol. The average Bonchev–Trinajstić information content (AvgIpc) is 3.45. The number of pyridine rings is 1. The van der Waals surface area contributed by atoms with Gasteiger partial charge in [0.25, 0.3) is 5.91 Å². The zero-order chi connectivity index (χ0) is 26.8. The Morgan fingerprint density at radius 2 is 1.46 bits per heavy atom. The molecule has 0 aliphatic carbocycles. The Morgan fingerprint density at radius 1 is 0.795 bits per heavy atom. The first-order chi connectivity index (χ1) is 19.2. The molecule has 0 saturated heterocycles. The normalized spacial score (nSPS) is 11.0. The molecular weight excluding hydrogens is 506 g/mol. The first-order valence-electron chi connectivity index (χ1n) is 12.5. The second kappa shape index (κ2) is 10.6. The predicted octanol–water partition coefficient (Wildman–Crippen LogP) is 7.38. The molecule has 0 atom stereocenters. The fourth-order valence-electron chi connectivity index (χ4n) is 4.64. The standard InChI is InChI=1S/C32H25N3O3S/c1-37-27-17-18-28(38-2)30-29(27)34-32(39-30)35(20-21-11-5-3-6-12-21)31(36)24-19-26(22-13-7-4-8-14-22)33-25-16-10-9-15-23(24)25/h3-19H,20H2,1-2H3. The fourth-order valence-corrected chi connectivity index (χ4v) is 5.71. The molecule has 0 aliphatic rings. The van der Waals surface area contributed by atoms with Crippen molar-refractivity contribution in [3.63, 3.8) is 0 Å². The lowest BCUT2D eigenvalue weighted by Crippen LogP contribution is -2.30. The van der Waals surface area contributed by atoms with Gasteiger partial charge in [0.2, 0.25) is 0 Å². The molecule has 0 fully saturated rings. The Bertz CT molecular complexity index is 1740. The lowest BCUT2D eigenvalue weighted by molar-refractivity contribution is 0.0986. The summed E-state index contributed by atoms with van der Waals surface area (Å²) in [5, 5.41) is 1.35. The van der Waals surface area contributed by atoms with Gasteiger partial charge in [0, 0.05) is 10.9 Å². The van der Waals surface area contributed by atoms with E-state index in [1.807, 2.05) is 103 Å². The van der Waals surface area contributed by atoms with Gasteiger partial charge in [0.1, 0.15) is 21.7 Å². The van der Waals surface area contributed by atoms with E-state index >= 15 is 0 Å². The number of fused-ring (bicyclic) bond motifs is 2. The summed E-state index contributed by atoms with van der Waals surface area (Å²) in [7, 11) is 3.24. The Labute approximate surface area is 230 Å². The molecule has 6 aromatic rings. The number of benzene rings is 4. The van der Waals surface area contributed by atoms with E-state index in [1.54, 1.807) is 19.1 Å². The van der Waals surface area contributed by atoms with Gasteiger partial charge in [-0.05, 0) is 29.8 Å². The summed E-state index contributed by atoms with van der Waals surface area (Å²) in [5.41, 5.74) is 4.66. The number of ether oxygens (including phenoxy) is 2. The number of nitrogens with zero attached hydrogens (tertiary/aromatic N) is 3. The van der Waals surface area contributed by atoms with Crippen LogP contribution in [0.5, 0.6) is 11.5 Å². The van der Waals surface area contributed by atoms with Gasteiger partial charge in [0.05, 0.1) is 37.5 Å². The maximum Gasteiger partial charge on any atom is 0.261 e. The molecule has 4 aromatic carbocycles. The van der Waals surface area contributed by atoms with E-state index in [-0.39, 0.29) is 5.91 Å². The van der Waals surface area contributed by atoms with Crippen molar-refractivity contribution in [2.75, 3.05) is 19.1 Å². The summed E-state index contributed by atoms with van der Waals surface area (Å²) in [6.45, 7) is 0.349. The first kappa shape index (κ1) is 24.6. The van der Waals surface area contributed by atoms with Crippen molar-refractivity contribution in [2.45, 2.75) is 6.54 Å². The Morgan fingerprint density at radius 3 is 2.21 bits per heavy atom. The van der Waals surface area contributed by atoms with E-state index in [1.165, 1.54) is 11.3 Å². The van der Waals surface area contributed by atoms with Crippen LogP contribution in [0.2, 0.25) is 0 Å². The van der Waals surface area contributed by atoms with Crippen LogP contribution in [-0.4, -0.2) is 30.1 Å². The van der Waals surface area contributed by atoms with Crippen LogP contribution in [0.4, 0.5) is 5.13 Å². The molecule has 1 amide bonds. The number of para-hydroxylation sites is 1. The van der Waals surface area contributed by atoms with Crippen LogP contribution in [-0.2, 0) is 6.54 Å². The summed E-state index contributed by atoms with van der Waals surface area (Å²) in [5.74, 6) is 1.15. The largest absolute Gasteiger partial charge is 0.495 e. The number of amides is 1. The molecule has 0 saturated carbocycles. The van der Waals surface area contributed by atoms with E-state index in [4.69, 9.17) is 19.4 Å². The van der Waals surface area contributed by atoms with Gasteiger partial charge in [-0.25, -0.2) is 9.97 Å². The van der Waals surface area contributed by atoms with Crippen LogP contribution >= 0.6 is 11.3 Å². The van der Waals surface area contributed by atoms with Crippen LogP contribution in [0.3, 0.4) is 0 Å². The third-order valence-corrected chi connectivity index (χ3v) is 7.67. The van der Waals surface area contributed by atoms with Crippen molar-refractivity contribution in [1.29, 1.82) is 0 Å². The van der Waals surface area contributed by atoms with Gasteiger partial charge in [-0.15, -0.1) is 0 Å². The molecule has 192 valence electrons. The lowest BCUT2D eigenvalue weighted by atomic mass is 10.0. The molecule has 6 rings (SSSR count). The van der Waals surface area contributed by atoms with E-state index in [9.17, 15) is 4.79 Å². The monoisotopic (exact) mass is 531 g/mol. The molecule has 0 spiro atoms. The quantitative estimate of drug-likeness (QED) is 0.215. The van der Waals surface area contributed by atoms with Gasteiger partial charge in [0.15, 0.2) is 5.13 Å². The van der Waals surface area contributed by atoms with Crippen molar-refractivity contribution in [1.82, 2.24) is 9.97 Å². The molecule has 0 bridgehead atoms. The highest BCUT2D eigenvalue weighted by Gasteiger charge is 2.26. The number of aromatic nitrogens is 2. The number of carbonyl (C=O) groups is 1. The number of anilines is 1.